The van der Waals surface area contributed by atoms with Crippen LogP contribution in [0.4, 0.5) is 13.2 Å². The highest BCUT2D eigenvalue weighted by atomic mass is 19.4. The van der Waals surface area contributed by atoms with Gasteiger partial charge >= 0.3 is 12.1 Å². The van der Waals surface area contributed by atoms with Crippen LogP contribution >= 0.6 is 0 Å². The highest BCUT2D eigenvalue weighted by Gasteiger charge is 2.50. The quantitative estimate of drug-likeness (QED) is 0.715. The molecular formula is C23H26F3N3O5. The lowest BCUT2D eigenvalue weighted by atomic mass is 9.84. The second-order valence-electron chi connectivity index (χ2n) is 8.39. The fourth-order valence-corrected chi connectivity index (χ4v) is 3.82. The van der Waals surface area contributed by atoms with Crippen LogP contribution in [0.3, 0.4) is 0 Å². The Kier molecular flexibility index (Phi) is 7.88. The Labute approximate surface area is 194 Å². The number of likely N-dealkylation sites (tertiary alicyclic amines) is 1. The number of carboxylic acids is 1. The van der Waals surface area contributed by atoms with Gasteiger partial charge in [0.15, 0.2) is 0 Å². The molecule has 4 heterocycles. The topological polar surface area (TPSA) is 102 Å². The molecule has 1 spiro atoms. The predicted molar refractivity (Wildman–Crippen MR) is 114 cm³/mol. The molecule has 0 aliphatic carbocycles. The number of aliphatic carboxylic acids is 1. The Hall–Kier alpha value is -3.05. The minimum absolute atomic E-state index is 0.0260. The second-order valence-corrected chi connectivity index (χ2v) is 8.39. The van der Waals surface area contributed by atoms with Crippen molar-refractivity contribution < 1.29 is 37.3 Å². The zero-order chi connectivity index (χ0) is 24.9. The van der Waals surface area contributed by atoms with Gasteiger partial charge in [0.25, 0.3) is 5.91 Å². The molecular weight excluding hydrogens is 455 g/mol. The molecule has 2 aromatic heterocycles. The zero-order valence-corrected chi connectivity index (χ0v) is 18.8. The molecule has 2 aromatic rings. The first-order valence-corrected chi connectivity index (χ1v) is 10.7. The van der Waals surface area contributed by atoms with Gasteiger partial charge in [-0.25, -0.2) is 9.78 Å². The maximum Gasteiger partial charge on any atom is 0.490 e. The molecule has 184 valence electrons. The lowest BCUT2D eigenvalue weighted by Crippen LogP contribution is -2.67. The third kappa shape index (κ3) is 6.51. The van der Waals surface area contributed by atoms with Gasteiger partial charge in [0.2, 0.25) is 0 Å². The zero-order valence-electron chi connectivity index (χ0n) is 18.8. The van der Waals surface area contributed by atoms with E-state index in [1.807, 2.05) is 36.2 Å². The Morgan fingerprint density at radius 1 is 1.26 bits per heavy atom. The number of carbonyl (C=O) groups excluding carboxylic acids is 1. The molecule has 2 saturated heterocycles. The van der Waals surface area contributed by atoms with E-state index in [1.54, 1.807) is 12.3 Å². The van der Waals surface area contributed by atoms with E-state index in [-0.39, 0.29) is 17.6 Å². The summed E-state index contributed by atoms with van der Waals surface area (Å²) in [5.41, 5.74) is 3.39. The van der Waals surface area contributed by atoms with Crippen molar-refractivity contribution >= 4 is 11.9 Å². The van der Waals surface area contributed by atoms with Crippen LogP contribution in [0.25, 0.3) is 0 Å². The van der Waals surface area contributed by atoms with Crippen LogP contribution in [0.1, 0.15) is 40.2 Å². The standard InChI is InChI=1S/C21H25N3O3.C2HF3O2/c1-15-6-8-22-11-17(15)12-26-18-7-9-27-21(10-18)13-24(14-21)20(25)19-5-3-4-16(2)23-19;3-2(4,5)1(6)7/h3-6,8,11,18H,7,9-10,12-14H2,1-2H3;(H,6,7). The molecule has 0 aromatic carbocycles. The highest BCUT2D eigenvalue weighted by Crippen LogP contribution is 2.36. The number of aryl methyl sites for hydroxylation is 2. The first-order chi connectivity index (χ1) is 16.0. The van der Waals surface area contributed by atoms with Gasteiger partial charge in [0.1, 0.15) is 11.3 Å². The number of hydrogen-bond acceptors (Lipinski definition) is 6. The van der Waals surface area contributed by atoms with Gasteiger partial charge in [-0.3, -0.25) is 9.78 Å². The molecule has 2 aliphatic heterocycles. The maximum atomic E-state index is 12.6. The Morgan fingerprint density at radius 2 is 1.97 bits per heavy atom. The fourth-order valence-electron chi connectivity index (χ4n) is 3.82. The largest absolute Gasteiger partial charge is 0.490 e. The van der Waals surface area contributed by atoms with Gasteiger partial charge in [-0.2, -0.15) is 13.2 Å². The van der Waals surface area contributed by atoms with Gasteiger partial charge in [0.05, 0.1) is 25.8 Å². The highest BCUT2D eigenvalue weighted by molar-refractivity contribution is 5.93. The summed E-state index contributed by atoms with van der Waals surface area (Å²) in [5.74, 6) is -2.78. The van der Waals surface area contributed by atoms with Crippen LogP contribution in [-0.2, 0) is 20.9 Å². The molecule has 34 heavy (non-hydrogen) atoms. The molecule has 4 rings (SSSR count). The summed E-state index contributed by atoms with van der Waals surface area (Å²) in [5, 5.41) is 7.12. The number of alkyl halides is 3. The summed E-state index contributed by atoms with van der Waals surface area (Å²) in [6.45, 7) is 6.41. The first-order valence-electron chi connectivity index (χ1n) is 10.7. The van der Waals surface area contributed by atoms with Crippen molar-refractivity contribution in [2.24, 2.45) is 0 Å². The summed E-state index contributed by atoms with van der Waals surface area (Å²) in [6, 6.07) is 7.53. The molecule has 1 atom stereocenters. The number of pyridine rings is 2. The molecule has 0 bridgehead atoms. The van der Waals surface area contributed by atoms with Gasteiger partial charge in [-0.1, -0.05) is 6.07 Å². The number of rotatable bonds is 4. The molecule has 2 fully saturated rings. The SMILES string of the molecule is Cc1cccc(C(=O)N2CC3(CC(OCc4cnccc4C)CCO3)C2)n1.O=C(O)C(F)(F)F. The van der Waals surface area contributed by atoms with E-state index in [9.17, 15) is 18.0 Å². The van der Waals surface area contributed by atoms with E-state index in [1.165, 1.54) is 5.56 Å². The van der Waals surface area contributed by atoms with Crippen molar-refractivity contribution in [2.75, 3.05) is 19.7 Å². The molecule has 2 aliphatic rings. The number of ether oxygens (including phenoxy) is 2. The lowest BCUT2D eigenvalue weighted by molar-refractivity contribution is -0.192. The minimum Gasteiger partial charge on any atom is -0.475 e. The number of carboxylic acid groups (broad SMARTS) is 1. The summed E-state index contributed by atoms with van der Waals surface area (Å²) < 4.78 is 43.9. The number of carbonyl (C=O) groups is 2. The van der Waals surface area contributed by atoms with E-state index >= 15 is 0 Å². The first kappa shape index (κ1) is 25.6. The fraction of sp³-hybridized carbons (Fsp3) is 0.478. The number of amides is 1. The van der Waals surface area contributed by atoms with Gasteiger partial charge in [-0.15, -0.1) is 0 Å². The normalized spacial score (nSPS) is 19.1. The van der Waals surface area contributed by atoms with Crippen molar-refractivity contribution in [2.45, 2.75) is 51.2 Å². The number of aromatic nitrogens is 2. The third-order valence-electron chi connectivity index (χ3n) is 5.66. The van der Waals surface area contributed by atoms with E-state index in [0.717, 1.165) is 24.1 Å². The van der Waals surface area contributed by atoms with Gasteiger partial charge < -0.3 is 19.5 Å². The number of halogens is 3. The summed E-state index contributed by atoms with van der Waals surface area (Å²) >= 11 is 0. The van der Waals surface area contributed by atoms with Crippen LogP contribution in [0.5, 0.6) is 0 Å². The van der Waals surface area contributed by atoms with Crippen LogP contribution in [0.2, 0.25) is 0 Å². The van der Waals surface area contributed by atoms with E-state index in [0.29, 0.717) is 32.0 Å². The van der Waals surface area contributed by atoms with Crippen LogP contribution < -0.4 is 0 Å². The lowest BCUT2D eigenvalue weighted by Gasteiger charge is -2.52. The summed E-state index contributed by atoms with van der Waals surface area (Å²) in [4.78, 5) is 31.8. The molecule has 1 unspecified atom stereocenters. The van der Waals surface area contributed by atoms with Crippen molar-refractivity contribution in [3.8, 4) is 0 Å². The Morgan fingerprint density at radius 3 is 2.59 bits per heavy atom. The second kappa shape index (κ2) is 10.5. The van der Waals surface area contributed by atoms with Crippen LogP contribution in [0, 0.1) is 13.8 Å². The predicted octanol–water partition coefficient (Wildman–Crippen LogP) is 3.32. The summed E-state index contributed by atoms with van der Waals surface area (Å²) in [6.07, 6.45) is 0.424. The third-order valence-corrected chi connectivity index (χ3v) is 5.66. The average molecular weight is 481 g/mol. The van der Waals surface area contributed by atoms with Crippen LogP contribution in [0.15, 0.2) is 36.7 Å². The molecule has 0 radical (unpaired) electrons. The number of hydrogen-bond donors (Lipinski definition) is 1. The smallest absolute Gasteiger partial charge is 0.475 e. The molecule has 11 heteroatoms. The Bertz CT molecular complexity index is 1020. The minimum atomic E-state index is -5.08. The number of nitrogens with zero attached hydrogens (tertiary/aromatic N) is 3. The van der Waals surface area contributed by atoms with E-state index in [4.69, 9.17) is 19.4 Å². The Balaban J connectivity index is 0.000000406. The van der Waals surface area contributed by atoms with Crippen molar-refractivity contribution in [3.63, 3.8) is 0 Å². The van der Waals surface area contributed by atoms with Crippen molar-refractivity contribution in [1.82, 2.24) is 14.9 Å². The molecule has 1 amide bonds. The van der Waals surface area contributed by atoms with Crippen molar-refractivity contribution in [3.05, 3.63) is 59.2 Å². The molecule has 8 nitrogen and oxygen atoms in total. The van der Waals surface area contributed by atoms with E-state index in [2.05, 4.69) is 16.9 Å². The average Bonchev–Trinajstić information content (AvgIpc) is 2.76. The molecule has 0 saturated carbocycles. The van der Waals surface area contributed by atoms with Crippen molar-refractivity contribution in [1.29, 1.82) is 0 Å². The van der Waals surface area contributed by atoms with Gasteiger partial charge in [-0.05, 0) is 49.6 Å². The summed E-state index contributed by atoms with van der Waals surface area (Å²) in [7, 11) is 0. The maximum absolute atomic E-state index is 12.6. The van der Waals surface area contributed by atoms with Crippen LogP contribution in [-0.4, -0.2) is 69.4 Å². The molecule has 1 N–H and O–H groups in total. The monoisotopic (exact) mass is 481 g/mol. The van der Waals surface area contributed by atoms with E-state index < -0.39 is 12.1 Å². The van der Waals surface area contributed by atoms with Gasteiger partial charge in [0, 0.05) is 31.1 Å².